The molecule has 2 aromatic rings. The molecule has 3 rings (SSSR count). The van der Waals surface area contributed by atoms with E-state index in [-0.39, 0.29) is 11.9 Å². The molecule has 7 nitrogen and oxygen atoms in total. The number of benzene rings is 1. The van der Waals surface area contributed by atoms with Gasteiger partial charge in [-0.2, -0.15) is 0 Å². The highest BCUT2D eigenvalue weighted by Crippen LogP contribution is 2.26. The molecule has 1 aromatic heterocycles. The molecule has 21 heavy (non-hydrogen) atoms. The fourth-order valence-corrected chi connectivity index (χ4v) is 2.14. The third-order valence-corrected chi connectivity index (χ3v) is 3.18. The van der Waals surface area contributed by atoms with Crippen LogP contribution in [0.1, 0.15) is 5.89 Å². The predicted octanol–water partition coefficient (Wildman–Crippen LogP) is 0.972. The molecular weight excluding hydrogens is 272 g/mol. The van der Waals surface area contributed by atoms with Crippen LogP contribution in [0.5, 0.6) is 0 Å². The second-order valence-corrected chi connectivity index (χ2v) is 4.74. The first-order valence-corrected chi connectivity index (χ1v) is 6.75. The van der Waals surface area contributed by atoms with Gasteiger partial charge in [0.25, 0.3) is 0 Å². The molecule has 1 saturated heterocycles. The standard InChI is InChI=1S/C14H16N4O3/c1-9-17-18-14(21-9)10-4-2-3-5-11(10)16-13(19)12-8-20-7-6-15-12/h2-5,12,15H,6-8H2,1H3,(H,16,19). The van der Waals surface area contributed by atoms with Crippen LogP contribution in [0, 0.1) is 6.92 Å². The van der Waals surface area contributed by atoms with Crippen molar-refractivity contribution in [3.05, 3.63) is 30.2 Å². The van der Waals surface area contributed by atoms with Crippen molar-refractivity contribution >= 4 is 11.6 Å². The minimum Gasteiger partial charge on any atom is -0.421 e. The SMILES string of the molecule is Cc1nnc(-c2ccccc2NC(=O)C2COCCN2)o1. The summed E-state index contributed by atoms with van der Waals surface area (Å²) in [7, 11) is 0. The normalized spacial score (nSPS) is 18.4. The largest absolute Gasteiger partial charge is 0.421 e. The quantitative estimate of drug-likeness (QED) is 0.875. The van der Waals surface area contributed by atoms with E-state index in [4.69, 9.17) is 9.15 Å². The van der Waals surface area contributed by atoms with Gasteiger partial charge in [-0.1, -0.05) is 12.1 Å². The summed E-state index contributed by atoms with van der Waals surface area (Å²) in [6.07, 6.45) is 0. The summed E-state index contributed by atoms with van der Waals surface area (Å²) in [6, 6.07) is 6.97. The lowest BCUT2D eigenvalue weighted by Gasteiger charge is -2.23. The van der Waals surface area contributed by atoms with Crippen LogP contribution < -0.4 is 10.6 Å². The molecule has 1 aliphatic rings. The fourth-order valence-electron chi connectivity index (χ4n) is 2.14. The van der Waals surface area contributed by atoms with E-state index in [1.807, 2.05) is 18.2 Å². The van der Waals surface area contributed by atoms with E-state index in [0.717, 1.165) is 0 Å². The smallest absolute Gasteiger partial charge is 0.249 e. The number of hydrogen-bond acceptors (Lipinski definition) is 6. The Hall–Kier alpha value is -2.25. The van der Waals surface area contributed by atoms with Crippen LogP contribution in [0.25, 0.3) is 11.5 Å². The van der Waals surface area contributed by atoms with Crippen LogP contribution in [0.3, 0.4) is 0 Å². The average Bonchev–Trinajstić information content (AvgIpc) is 2.95. The van der Waals surface area contributed by atoms with E-state index in [0.29, 0.717) is 42.8 Å². The van der Waals surface area contributed by atoms with Crippen LogP contribution in [-0.4, -0.2) is 41.9 Å². The van der Waals surface area contributed by atoms with Gasteiger partial charge in [0.1, 0.15) is 6.04 Å². The summed E-state index contributed by atoms with van der Waals surface area (Å²) in [5, 5.41) is 13.8. The molecule has 7 heteroatoms. The van der Waals surface area contributed by atoms with Gasteiger partial charge in [-0.3, -0.25) is 4.79 Å². The first-order valence-electron chi connectivity index (χ1n) is 6.75. The highest BCUT2D eigenvalue weighted by atomic mass is 16.5. The average molecular weight is 288 g/mol. The minimum atomic E-state index is -0.351. The van der Waals surface area contributed by atoms with E-state index in [9.17, 15) is 4.79 Å². The Labute approximate surface area is 121 Å². The molecule has 0 radical (unpaired) electrons. The maximum Gasteiger partial charge on any atom is 0.249 e. The third-order valence-electron chi connectivity index (χ3n) is 3.18. The number of anilines is 1. The van der Waals surface area contributed by atoms with Gasteiger partial charge in [0.05, 0.1) is 24.5 Å². The summed E-state index contributed by atoms with van der Waals surface area (Å²) in [4.78, 5) is 12.2. The zero-order chi connectivity index (χ0) is 14.7. The van der Waals surface area contributed by atoms with Crippen molar-refractivity contribution in [2.24, 2.45) is 0 Å². The summed E-state index contributed by atoms with van der Waals surface area (Å²) in [5.41, 5.74) is 1.33. The molecule has 2 N–H and O–H groups in total. The van der Waals surface area contributed by atoms with E-state index in [1.165, 1.54) is 0 Å². The van der Waals surface area contributed by atoms with Crippen LogP contribution in [0.15, 0.2) is 28.7 Å². The number of morpholine rings is 1. The monoisotopic (exact) mass is 288 g/mol. The van der Waals surface area contributed by atoms with Gasteiger partial charge in [0.15, 0.2) is 0 Å². The van der Waals surface area contributed by atoms with Gasteiger partial charge in [-0.15, -0.1) is 10.2 Å². The molecule has 0 aliphatic carbocycles. The zero-order valence-electron chi connectivity index (χ0n) is 11.6. The molecule has 1 unspecified atom stereocenters. The van der Waals surface area contributed by atoms with Crippen LogP contribution in [0.2, 0.25) is 0 Å². The van der Waals surface area contributed by atoms with Gasteiger partial charge in [0.2, 0.25) is 17.7 Å². The number of carbonyl (C=O) groups excluding carboxylic acids is 1. The number of nitrogens with one attached hydrogen (secondary N) is 2. The van der Waals surface area contributed by atoms with Crippen LogP contribution in [0.4, 0.5) is 5.69 Å². The molecule has 1 amide bonds. The zero-order valence-corrected chi connectivity index (χ0v) is 11.6. The molecular formula is C14H16N4O3. The van der Waals surface area contributed by atoms with Crippen LogP contribution >= 0.6 is 0 Å². The Balaban J connectivity index is 1.80. The van der Waals surface area contributed by atoms with Crippen LogP contribution in [-0.2, 0) is 9.53 Å². The van der Waals surface area contributed by atoms with E-state index >= 15 is 0 Å². The van der Waals surface area contributed by atoms with Gasteiger partial charge in [-0.05, 0) is 12.1 Å². The Morgan fingerprint density at radius 3 is 2.95 bits per heavy atom. The Morgan fingerprint density at radius 2 is 2.24 bits per heavy atom. The Morgan fingerprint density at radius 1 is 1.38 bits per heavy atom. The van der Waals surface area contributed by atoms with E-state index < -0.39 is 0 Å². The number of hydrogen-bond donors (Lipinski definition) is 2. The Kier molecular flexibility index (Phi) is 3.94. The molecule has 1 fully saturated rings. The number of aromatic nitrogens is 2. The number of para-hydroxylation sites is 1. The van der Waals surface area contributed by atoms with Crippen molar-refractivity contribution < 1.29 is 13.9 Å². The molecule has 1 aliphatic heterocycles. The van der Waals surface area contributed by atoms with E-state index in [2.05, 4.69) is 20.8 Å². The first-order chi connectivity index (χ1) is 10.2. The number of carbonyl (C=O) groups is 1. The van der Waals surface area contributed by atoms with Crippen molar-refractivity contribution in [1.29, 1.82) is 0 Å². The van der Waals surface area contributed by atoms with Gasteiger partial charge >= 0.3 is 0 Å². The van der Waals surface area contributed by atoms with Crippen molar-refractivity contribution in [2.75, 3.05) is 25.1 Å². The fraction of sp³-hybridized carbons (Fsp3) is 0.357. The van der Waals surface area contributed by atoms with Crippen molar-refractivity contribution in [1.82, 2.24) is 15.5 Å². The number of nitrogens with zero attached hydrogens (tertiary/aromatic N) is 2. The summed E-state index contributed by atoms with van der Waals surface area (Å²) < 4.78 is 10.7. The summed E-state index contributed by atoms with van der Waals surface area (Å²) >= 11 is 0. The van der Waals surface area contributed by atoms with Crippen molar-refractivity contribution in [3.8, 4) is 11.5 Å². The predicted molar refractivity (Wildman–Crippen MR) is 75.7 cm³/mol. The Bertz CT molecular complexity index is 635. The lowest BCUT2D eigenvalue weighted by Crippen LogP contribution is -2.48. The maximum atomic E-state index is 12.2. The third kappa shape index (κ3) is 3.09. The second kappa shape index (κ2) is 6.02. The molecule has 110 valence electrons. The highest BCUT2D eigenvalue weighted by molar-refractivity contribution is 5.98. The highest BCUT2D eigenvalue weighted by Gasteiger charge is 2.22. The van der Waals surface area contributed by atoms with E-state index in [1.54, 1.807) is 13.0 Å². The molecule has 0 bridgehead atoms. The van der Waals surface area contributed by atoms with Gasteiger partial charge in [-0.25, -0.2) is 0 Å². The maximum absolute atomic E-state index is 12.2. The number of amides is 1. The number of aryl methyl sites for hydroxylation is 1. The van der Waals surface area contributed by atoms with Crippen molar-refractivity contribution in [2.45, 2.75) is 13.0 Å². The van der Waals surface area contributed by atoms with Gasteiger partial charge in [0, 0.05) is 13.5 Å². The van der Waals surface area contributed by atoms with Gasteiger partial charge < -0.3 is 19.8 Å². The first kappa shape index (κ1) is 13.7. The second-order valence-electron chi connectivity index (χ2n) is 4.74. The topological polar surface area (TPSA) is 89.3 Å². The molecule has 1 aromatic carbocycles. The summed E-state index contributed by atoms with van der Waals surface area (Å²) in [5.74, 6) is 0.725. The molecule has 0 saturated carbocycles. The van der Waals surface area contributed by atoms with Crippen molar-refractivity contribution in [3.63, 3.8) is 0 Å². The molecule has 2 heterocycles. The lowest BCUT2D eigenvalue weighted by atomic mass is 10.1. The number of rotatable bonds is 3. The number of ether oxygens (including phenoxy) is 1. The lowest BCUT2D eigenvalue weighted by molar-refractivity contribution is -0.120. The molecule has 0 spiro atoms. The molecule has 1 atom stereocenters. The summed E-state index contributed by atoms with van der Waals surface area (Å²) in [6.45, 7) is 3.39. The minimum absolute atomic E-state index is 0.140.